The van der Waals surface area contributed by atoms with Gasteiger partial charge in [-0.1, -0.05) is 32.0 Å². The lowest BCUT2D eigenvalue weighted by atomic mass is 9.84. The van der Waals surface area contributed by atoms with Crippen LogP contribution in [0.1, 0.15) is 49.3 Å². The molecule has 1 unspecified atom stereocenters. The van der Waals surface area contributed by atoms with Gasteiger partial charge in [0.2, 0.25) is 0 Å². The SMILES string of the molecule is COC(=O)CC(c1ccc2c(c1)CCC2)C(C)C. The molecule has 0 aliphatic heterocycles. The number of carbonyl (C=O) groups excluding carboxylic acids is 1. The Labute approximate surface area is 109 Å². The molecule has 1 aromatic carbocycles. The highest BCUT2D eigenvalue weighted by Crippen LogP contribution is 2.32. The second-order valence-electron chi connectivity index (χ2n) is 5.51. The molecule has 0 saturated heterocycles. The molecule has 2 nitrogen and oxygen atoms in total. The number of methoxy groups -OCH3 is 1. The number of hydrogen-bond acceptors (Lipinski definition) is 2. The van der Waals surface area contributed by atoms with Crippen molar-refractivity contribution in [3.8, 4) is 0 Å². The molecule has 0 spiro atoms. The van der Waals surface area contributed by atoms with Crippen molar-refractivity contribution < 1.29 is 9.53 Å². The number of ether oxygens (including phenoxy) is 1. The van der Waals surface area contributed by atoms with Gasteiger partial charge in [0.1, 0.15) is 0 Å². The van der Waals surface area contributed by atoms with E-state index in [9.17, 15) is 4.79 Å². The maximum Gasteiger partial charge on any atom is 0.306 e. The Hall–Kier alpha value is -1.31. The van der Waals surface area contributed by atoms with Crippen LogP contribution in [-0.2, 0) is 22.4 Å². The first-order valence-corrected chi connectivity index (χ1v) is 6.80. The Morgan fingerprint density at radius 1 is 1.28 bits per heavy atom. The van der Waals surface area contributed by atoms with Crippen LogP contribution in [0.3, 0.4) is 0 Å². The molecule has 0 aromatic heterocycles. The van der Waals surface area contributed by atoms with Gasteiger partial charge < -0.3 is 4.74 Å². The Morgan fingerprint density at radius 2 is 2.00 bits per heavy atom. The van der Waals surface area contributed by atoms with Crippen molar-refractivity contribution >= 4 is 5.97 Å². The molecule has 1 aromatic rings. The first kappa shape index (κ1) is 13.1. The van der Waals surface area contributed by atoms with Gasteiger partial charge in [-0.3, -0.25) is 4.79 Å². The van der Waals surface area contributed by atoms with Gasteiger partial charge in [0.25, 0.3) is 0 Å². The fraction of sp³-hybridized carbons (Fsp3) is 0.562. The van der Waals surface area contributed by atoms with Crippen molar-refractivity contribution in [2.75, 3.05) is 7.11 Å². The molecule has 18 heavy (non-hydrogen) atoms. The number of benzene rings is 1. The van der Waals surface area contributed by atoms with Crippen LogP contribution in [0.2, 0.25) is 0 Å². The lowest BCUT2D eigenvalue weighted by Crippen LogP contribution is -2.14. The van der Waals surface area contributed by atoms with E-state index >= 15 is 0 Å². The molecule has 1 aliphatic rings. The van der Waals surface area contributed by atoms with Crippen LogP contribution in [0.15, 0.2) is 18.2 Å². The fourth-order valence-corrected chi connectivity index (χ4v) is 2.82. The molecule has 0 heterocycles. The quantitative estimate of drug-likeness (QED) is 0.760. The normalized spacial score (nSPS) is 15.6. The van der Waals surface area contributed by atoms with Crippen LogP contribution in [0.5, 0.6) is 0 Å². The highest BCUT2D eigenvalue weighted by Gasteiger charge is 2.21. The minimum atomic E-state index is -0.116. The molecular weight excluding hydrogens is 224 g/mol. The molecule has 98 valence electrons. The molecule has 1 aliphatic carbocycles. The maximum absolute atomic E-state index is 11.5. The molecule has 2 rings (SSSR count). The molecule has 0 bridgehead atoms. The average Bonchev–Trinajstić information content (AvgIpc) is 2.82. The zero-order valence-electron chi connectivity index (χ0n) is 11.5. The summed E-state index contributed by atoms with van der Waals surface area (Å²) in [6, 6.07) is 6.73. The topological polar surface area (TPSA) is 26.3 Å². The second-order valence-corrected chi connectivity index (χ2v) is 5.51. The predicted molar refractivity (Wildman–Crippen MR) is 72.7 cm³/mol. The number of aryl methyl sites for hydroxylation is 2. The lowest BCUT2D eigenvalue weighted by Gasteiger charge is -2.21. The van der Waals surface area contributed by atoms with Crippen molar-refractivity contribution in [1.29, 1.82) is 0 Å². The Morgan fingerprint density at radius 3 is 2.67 bits per heavy atom. The predicted octanol–water partition coefficient (Wildman–Crippen LogP) is 3.48. The van der Waals surface area contributed by atoms with Crippen molar-refractivity contribution in [1.82, 2.24) is 0 Å². The highest BCUT2D eigenvalue weighted by molar-refractivity contribution is 5.70. The Kier molecular flexibility index (Phi) is 4.05. The van der Waals surface area contributed by atoms with Gasteiger partial charge in [-0.25, -0.2) is 0 Å². The number of hydrogen-bond donors (Lipinski definition) is 0. The van der Waals surface area contributed by atoms with Crippen LogP contribution in [0, 0.1) is 5.92 Å². The summed E-state index contributed by atoms with van der Waals surface area (Å²) in [5.74, 6) is 0.598. The first-order valence-electron chi connectivity index (χ1n) is 6.80. The molecular formula is C16H22O2. The molecule has 0 fully saturated rings. The van der Waals surface area contributed by atoms with Crippen LogP contribution < -0.4 is 0 Å². The van der Waals surface area contributed by atoms with Crippen LogP contribution >= 0.6 is 0 Å². The summed E-state index contributed by atoms with van der Waals surface area (Å²) in [7, 11) is 1.46. The van der Waals surface area contributed by atoms with Gasteiger partial charge in [-0.15, -0.1) is 0 Å². The summed E-state index contributed by atoms with van der Waals surface area (Å²) in [4.78, 5) is 11.5. The maximum atomic E-state index is 11.5. The van der Waals surface area contributed by atoms with Gasteiger partial charge in [0.15, 0.2) is 0 Å². The van der Waals surface area contributed by atoms with Crippen LogP contribution in [0.25, 0.3) is 0 Å². The molecule has 0 radical (unpaired) electrons. The van der Waals surface area contributed by atoms with E-state index < -0.39 is 0 Å². The van der Waals surface area contributed by atoms with Gasteiger partial charge in [-0.05, 0) is 47.8 Å². The van der Waals surface area contributed by atoms with E-state index in [4.69, 9.17) is 4.74 Å². The molecule has 2 heteroatoms. The summed E-state index contributed by atoms with van der Waals surface area (Å²) < 4.78 is 4.81. The summed E-state index contributed by atoms with van der Waals surface area (Å²) in [6.45, 7) is 4.33. The third-order valence-electron chi connectivity index (χ3n) is 3.97. The van der Waals surface area contributed by atoms with E-state index in [1.54, 1.807) is 0 Å². The van der Waals surface area contributed by atoms with Crippen molar-refractivity contribution in [3.63, 3.8) is 0 Å². The number of fused-ring (bicyclic) bond motifs is 1. The highest BCUT2D eigenvalue weighted by atomic mass is 16.5. The van der Waals surface area contributed by atoms with Gasteiger partial charge in [0, 0.05) is 0 Å². The van der Waals surface area contributed by atoms with Gasteiger partial charge >= 0.3 is 5.97 Å². The van der Waals surface area contributed by atoms with E-state index in [0.717, 1.165) is 0 Å². The molecule has 0 N–H and O–H groups in total. The van der Waals surface area contributed by atoms with Crippen LogP contribution in [-0.4, -0.2) is 13.1 Å². The summed E-state index contributed by atoms with van der Waals surface area (Å²) in [5, 5.41) is 0. The summed E-state index contributed by atoms with van der Waals surface area (Å²) in [5.41, 5.74) is 4.25. The van der Waals surface area contributed by atoms with E-state index in [-0.39, 0.29) is 11.9 Å². The lowest BCUT2D eigenvalue weighted by molar-refractivity contribution is -0.141. The summed E-state index contributed by atoms with van der Waals surface area (Å²) in [6.07, 6.45) is 4.14. The Balaban J connectivity index is 2.22. The van der Waals surface area contributed by atoms with Gasteiger partial charge in [-0.2, -0.15) is 0 Å². The van der Waals surface area contributed by atoms with Crippen molar-refractivity contribution in [2.24, 2.45) is 5.92 Å². The Bertz CT molecular complexity index is 435. The van der Waals surface area contributed by atoms with Crippen LogP contribution in [0.4, 0.5) is 0 Å². The standard InChI is InChI=1S/C16H22O2/c1-11(2)15(10-16(17)18-3)14-8-7-12-5-4-6-13(12)9-14/h7-9,11,15H,4-6,10H2,1-3H3. The van der Waals surface area contributed by atoms with Crippen molar-refractivity contribution in [2.45, 2.75) is 45.4 Å². The van der Waals surface area contributed by atoms with E-state index in [2.05, 4.69) is 32.0 Å². The molecule has 1 atom stereocenters. The van der Waals surface area contributed by atoms with Gasteiger partial charge in [0.05, 0.1) is 13.5 Å². The smallest absolute Gasteiger partial charge is 0.306 e. The fourth-order valence-electron chi connectivity index (χ4n) is 2.82. The first-order chi connectivity index (χ1) is 8.61. The third kappa shape index (κ3) is 2.74. The van der Waals surface area contributed by atoms with E-state index in [0.29, 0.717) is 12.3 Å². The average molecular weight is 246 g/mol. The second kappa shape index (κ2) is 5.55. The number of rotatable bonds is 4. The van der Waals surface area contributed by atoms with Crippen molar-refractivity contribution in [3.05, 3.63) is 34.9 Å². The number of esters is 1. The minimum absolute atomic E-state index is 0.116. The largest absolute Gasteiger partial charge is 0.469 e. The zero-order valence-corrected chi connectivity index (χ0v) is 11.5. The molecule has 0 saturated carbocycles. The minimum Gasteiger partial charge on any atom is -0.469 e. The van der Waals surface area contributed by atoms with E-state index in [1.807, 2.05) is 0 Å². The molecule has 0 amide bonds. The monoisotopic (exact) mass is 246 g/mol. The number of carbonyl (C=O) groups is 1. The zero-order chi connectivity index (χ0) is 13.1. The third-order valence-corrected chi connectivity index (χ3v) is 3.97. The van der Waals surface area contributed by atoms with E-state index in [1.165, 1.54) is 43.1 Å². The summed E-state index contributed by atoms with van der Waals surface area (Å²) >= 11 is 0.